The van der Waals surface area contributed by atoms with Gasteiger partial charge in [0.2, 0.25) is 0 Å². The van der Waals surface area contributed by atoms with Crippen molar-refractivity contribution in [1.29, 1.82) is 0 Å². The molecule has 0 spiro atoms. The summed E-state index contributed by atoms with van der Waals surface area (Å²) in [5.74, 6) is 0.576. The van der Waals surface area contributed by atoms with Crippen LogP contribution in [-0.2, 0) is 23.1 Å². The van der Waals surface area contributed by atoms with E-state index in [1.165, 1.54) is 55.7 Å². The van der Waals surface area contributed by atoms with Crippen molar-refractivity contribution in [2.75, 3.05) is 38.5 Å². The average molecular weight is 489 g/mol. The minimum absolute atomic E-state index is 0.00923. The third-order valence-electron chi connectivity index (χ3n) is 6.08. The van der Waals surface area contributed by atoms with Crippen LogP contribution in [-0.4, -0.2) is 61.7 Å². The molecule has 0 bridgehead atoms. The highest BCUT2D eigenvalue weighted by Crippen LogP contribution is 2.31. The molecule has 34 heavy (non-hydrogen) atoms. The van der Waals surface area contributed by atoms with E-state index in [0.29, 0.717) is 18.7 Å². The molecule has 1 aliphatic rings. The molecule has 1 aromatic heterocycles. The lowest BCUT2D eigenvalue weighted by Crippen LogP contribution is -2.29. The Balaban J connectivity index is 1.27. The second kappa shape index (κ2) is 10.2. The first kappa shape index (κ1) is 24.3. The Labute approximate surface area is 199 Å². The number of phenols is 1. The fourth-order valence-electron chi connectivity index (χ4n) is 4.15. The van der Waals surface area contributed by atoms with Gasteiger partial charge in [-0.05, 0) is 61.1 Å². The summed E-state index contributed by atoms with van der Waals surface area (Å²) in [6.07, 6.45) is 3.83. The Kier molecular flexibility index (Phi) is 7.32. The molecule has 0 radical (unpaired) electrons. The molecule has 5 N–H and O–H groups in total. The zero-order chi connectivity index (χ0) is 24.3. The molecule has 0 fully saturated rings. The van der Waals surface area contributed by atoms with Gasteiger partial charge in [0, 0.05) is 49.8 Å². The van der Waals surface area contributed by atoms with Crippen molar-refractivity contribution in [2.24, 2.45) is 0 Å². The number of rotatable bonds is 10. The van der Waals surface area contributed by atoms with Crippen LogP contribution in [0.5, 0.6) is 11.5 Å². The number of hydrogen-bond donors (Lipinski definition) is 5. The second-order valence-electron chi connectivity index (χ2n) is 8.73. The zero-order valence-corrected chi connectivity index (χ0v) is 20.3. The maximum absolute atomic E-state index is 12.0. The maximum atomic E-state index is 12.0. The molecule has 9 nitrogen and oxygen atoms in total. The molecule has 1 aliphatic carbocycles. The van der Waals surface area contributed by atoms with Gasteiger partial charge in [0.05, 0.1) is 11.8 Å². The van der Waals surface area contributed by atoms with Crippen LogP contribution >= 0.6 is 0 Å². The third kappa shape index (κ3) is 5.47. The number of ether oxygens (including phenoxy) is 1. The van der Waals surface area contributed by atoms with Crippen LogP contribution in [0.25, 0.3) is 10.9 Å². The number of anilines is 1. The van der Waals surface area contributed by atoms with Crippen molar-refractivity contribution < 1.29 is 23.4 Å². The molecule has 3 aromatic rings. The largest absolute Gasteiger partial charge is 0.506 e. The number of aryl methyl sites for hydroxylation is 2. The lowest BCUT2D eigenvalue weighted by molar-refractivity contribution is 0.172. The number of aromatic amines is 1. The van der Waals surface area contributed by atoms with E-state index in [0.717, 1.165) is 28.4 Å². The molecule has 184 valence electrons. The standard InChI is InChI=1S/C24H32N4O5S/c1-28(2)34(31,32)27-22-13-16(7-10-23(22)29)24(30)15-25-11-12-33-17-8-9-19-18-5-3-4-6-20(18)26-21(19)14-17/h7-10,13-14,24-27,29-30H,3-6,11-12,15H2,1-2H3/t24-/m0/s1. The van der Waals surface area contributed by atoms with Crippen LogP contribution in [0.2, 0.25) is 0 Å². The van der Waals surface area contributed by atoms with Gasteiger partial charge in [-0.1, -0.05) is 6.07 Å². The fraction of sp³-hybridized carbons (Fsp3) is 0.417. The molecule has 0 saturated heterocycles. The number of aliphatic hydroxyl groups is 1. The van der Waals surface area contributed by atoms with E-state index < -0.39 is 16.3 Å². The Bertz CT molecular complexity index is 1260. The highest BCUT2D eigenvalue weighted by atomic mass is 32.2. The van der Waals surface area contributed by atoms with Gasteiger partial charge in [-0.3, -0.25) is 4.72 Å². The van der Waals surface area contributed by atoms with Gasteiger partial charge >= 0.3 is 10.2 Å². The number of hydrogen-bond acceptors (Lipinski definition) is 6. The van der Waals surface area contributed by atoms with E-state index in [1.807, 2.05) is 12.1 Å². The summed E-state index contributed by atoms with van der Waals surface area (Å²) in [6.45, 7) is 1.20. The number of H-pyrrole nitrogens is 1. The normalized spacial score (nSPS) is 14.8. The smallest absolute Gasteiger partial charge is 0.301 e. The van der Waals surface area contributed by atoms with Crippen LogP contribution < -0.4 is 14.8 Å². The van der Waals surface area contributed by atoms with Crippen molar-refractivity contribution in [2.45, 2.75) is 31.8 Å². The summed E-state index contributed by atoms with van der Waals surface area (Å²) in [6, 6.07) is 10.5. The molecule has 2 aromatic carbocycles. The third-order valence-corrected chi connectivity index (χ3v) is 7.52. The molecule has 0 unspecified atom stereocenters. The Morgan fingerprint density at radius 3 is 2.74 bits per heavy atom. The lowest BCUT2D eigenvalue weighted by Gasteiger charge is -2.17. The first-order valence-corrected chi connectivity index (χ1v) is 12.9. The highest BCUT2D eigenvalue weighted by molar-refractivity contribution is 7.90. The molecule has 10 heteroatoms. The van der Waals surface area contributed by atoms with Gasteiger partial charge < -0.3 is 25.3 Å². The van der Waals surface area contributed by atoms with E-state index in [-0.39, 0.29) is 18.0 Å². The van der Waals surface area contributed by atoms with Gasteiger partial charge in [-0.15, -0.1) is 0 Å². The predicted octanol–water partition coefficient (Wildman–Crippen LogP) is 2.67. The number of aromatic nitrogens is 1. The van der Waals surface area contributed by atoms with E-state index in [1.54, 1.807) is 6.07 Å². The van der Waals surface area contributed by atoms with Gasteiger partial charge in [0.15, 0.2) is 0 Å². The molecule has 4 rings (SSSR count). The Hall–Kier alpha value is -2.79. The molecule has 0 aliphatic heterocycles. The van der Waals surface area contributed by atoms with Crippen molar-refractivity contribution in [1.82, 2.24) is 14.6 Å². The molecule has 1 atom stereocenters. The van der Waals surface area contributed by atoms with Crippen LogP contribution in [0.3, 0.4) is 0 Å². The SMILES string of the molecule is CN(C)S(=O)(=O)Nc1cc([C@@H](O)CNCCOc2ccc3c4c([nH]c3c2)CCCC4)ccc1O. The number of aromatic hydroxyl groups is 1. The van der Waals surface area contributed by atoms with Crippen LogP contribution in [0.4, 0.5) is 5.69 Å². The van der Waals surface area contributed by atoms with Crippen molar-refractivity contribution >= 4 is 26.8 Å². The first-order valence-electron chi connectivity index (χ1n) is 11.4. The minimum Gasteiger partial charge on any atom is -0.506 e. The highest BCUT2D eigenvalue weighted by Gasteiger charge is 2.18. The number of nitrogens with one attached hydrogen (secondary N) is 3. The topological polar surface area (TPSA) is 127 Å². The first-order chi connectivity index (χ1) is 16.2. The van der Waals surface area contributed by atoms with Gasteiger partial charge in [-0.2, -0.15) is 12.7 Å². The number of phenolic OH excluding ortho intramolecular Hbond substituents is 1. The molecular weight excluding hydrogens is 456 g/mol. The van der Waals surface area contributed by atoms with Crippen LogP contribution in [0.15, 0.2) is 36.4 Å². The van der Waals surface area contributed by atoms with E-state index >= 15 is 0 Å². The fourth-order valence-corrected chi connectivity index (χ4v) is 4.78. The Morgan fingerprint density at radius 1 is 1.15 bits per heavy atom. The van der Waals surface area contributed by atoms with E-state index in [9.17, 15) is 18.6 Å². The van der Waals surface area contributed by atoms with E-state index in [2.05, 4.69) is 21.1 Å². The second-order valence-corrected chi connectivity index (χ2v) is 10.6. The molecule has 1 heterocycles. The summed E-state index contributed by atoms with van der Waals surface area (Å²) < 4.78 is 33.2. The number of aliphatic hydroxyl groups excluding tert-OH is 1. The number of fused-ring (bicyclic) bond motifs is 3. The van der Waals surface area contributed by atoms with Gasteiger partial charge in [0.1, 0.15) is 18.1 Å². The predicted molar refractivity (Wildman–Crippen MR) is 133 cm³/mol. The molecule has 0 amide bonds. The van der Waals surface area contributed by atoms with Crippen LogP contribution in [0, 0.1) is 0 Å². The van der Waals surface area contributed by atoms with Crippen molar-refractivity contribution in [3.05, 3.63) is 53.2 Å². The minimum atomic E-state index is -3.77. The molecule has 0 saturated carbocycles. The summed E-state index contributed by atoms with van der Waals surface area (Å²) >= 11 is 0. The van der Waals surface area contributed by atoms with Crippen molar-refractivity contribution in [3.63, 3.8) is 0 Å². The van der Waals surface area contributed by atoms with Crippen molar-refractivity contribution in [3.8, 4) is 11.5 Å². The van der Waals surface area contributed by atoms with E-state index in [4.69, 9.17) is 4.74 Å². The summed E-state index contributed by atoms with van der Waals surface area (Å²) in [4.78, 5) is 3.53. The lowest BCUT2D eigenvalue weighted by atomic mass is 9.96. The van der Waals surface area contributed by atoms with Gasteiger partial charge in [0.25, 0.3) is 0 Å². The Morgan fingerprint density at radius 2 is 1.94 bits per heavy atom. The van der Waals surface area contributed by atoms with Gasteiger partial charge in [-0.25, -0.2) is 0 Å². The quantitative estimate of drug-likeness (QED) is 0.221. The number of nitrogens with zero attached hydrogens (tertiary/aromatic N) is 1. The van der Waals surface area contributed by atoms with Crippen LogP contribution in [0.1, 0.15) is 35.8 Å². The number of benzene rings is 2. The monoisotopic (exact) mass is 488 g/mol. The maximum Gasteiger partial charge on any atom is 0.301 e. The summed E-state index contributed by atoms with van der Waals surface area (Å²) in [7, 11) is -1.01. The summed E-state index contributed by atoms with van der Waals surface area (Å²) in [5.41, 5.74) is 4.39. The summed E-state index contributed by atoms with van der Waals surface area (Å²) in [5, 5.41) is 24.9. The zero-order valence-electron chi connectivity index (χ0n) is 19.5. The molecular formula is C24H32N4O5S. The average Bonchev–Trinajstić information content (AvgIpc) is 3.17.